The number of rotatable bonds is 9. The maximum Gasteiger partial charge on any atom is 0.238 e. The van der Waals surface area contributed by atoms with Crippen LogP contribution in [0, 0.1) is 6.92 Å². The van der Waals surface area contributed by atoms with Crippen molar-refractivity contribution in [2.75, 3.05) is 24.8 Å². The van der Waals surface area contributed by atoms with Gasteiger partial charge in [-0.3, -0.25) is 9.36 Å². The van der Waals surface area contributed by atoms with Crippen molar-refractivity contribution >= 4 is 33.4 Å². The summed E-state index contributed by atoms with van der Waals surface area (Å²) in [5.74, 6) is 0.560. The standard InChI is InChI=1S/C20H23N5O4S2/c1-14-4-3-5-15(12-14)19-23-24-20(25(19)10-11-29-2)30-13-18(26)22-16-6-8-17(9-7-16)31(21,27)28/h3-9,12H,10-11,13H2,1-2H3,(H,22,26)(H2,21,27,28). The van der Waals surface area contributed by atoms with E-state index in [1.165, 1.54) is 36.0 Å². The molecule has 3 aromatic rings. The lowest BCUT2D eigenvalue weighted by Crippen LogP contribution is -2.16. The van der Waals surface area contributed by atoms with Crippen LogP contribution in [0.25, 0.3) is 11.4 Å². The predicted molar refractivity (Wildman–Crippen MR) is 119 cm³/mol. The number of thioether (sulfide) groups is 1. The summed E-state index contributed by atoms with van der Waals surface area (Å²) in [4.78, 5) is 12.3. The second kappa shape index (κ2) is 10.1. The number of carbonyl (C=O) groups excluding carboxylic acids is 1. The largest absolute Gasteiger partial charge is 0.383 e. The zero-order chi connectivity index (χ0) is 22.4. The number of sulfonamides is 1. The van der Waals surface area contributed by atoms with E-state index in [0.29, 0.717) is 29.8 Å². The number of nitrogens with one attached hydrogen (secondary N) is 1. The second-order valence-corrected chi connectivity index (χ2v) is 9.23. The van der Waals surface area contributed by atoms with Crippen LogP contribution in [0.3, 0.4) is 0 Å². The van der Waals surface area contributed by atoms with Crippen molar-refractivity contribution < 1.29 is 17.9 Å². The molecule has 0 radical (unpaired) electrons. The van der Waals surface area contributed by atoms with Crippen LogP contribution in [0.4, 0.5) is 5.69 Å². The normalized spacial score (nSPS) is 11.5. The molecule has 0 aliphatic carbocycles. The number of anilines is 1. The van der Waals surface area contributed by atoms with Crippen LogP contribution in [-0.4, -0.2) is 48.6 Å². The van der Waals surface area contributed by atoms with E-state index in [9.17, 15) is 13.2 Å². The van der Waals surface area contributed by atoms with Gasteiger partial charge in [-0.05, 0) is 37.3 Å². The molecule has 0 saturated carbocycles. The van der Waals surface area contributed by atoms with Gasteiger partial charge in [-0.25, -0.2) is 13.6 Å². The van der Waals surface area contributed by atoms with E-state index in [0.717, 1.165) is 11.1 Å². The summed E-state index contributed by atoms with van der Waals surface area (Å²) < 4.78 is 29.8. The maximum absolute atomic E-state index is 12.4. The molecule has 9 nitrogen and oxygen atoms in total. The van der Waals surface area contributed by atoms with Gasteiger partial charge in [0.25, 0.3) is 0 Å². The molecule has 1 amide bonds. The maximum atomic E-state index is 12.4. The summed E-state index contributed by atoms with van der Waals surface area (Å²) in [6.07, 6.45) is 0. The SMILES string of the molecule is COCCn1c(SCC(=O)Nc2ccc(S(N)(=O)=O)cc2)nnc1-c1cccc(C)c1. The highest BCUT2D eigenvalue weighted by atomic mass is 32.2. The lowest BCUT2D eigenvalue weighted by atomic mass is 10.1. The molecule has 11 heteroatoms. The van der Waals surface area contributed by atoms with E-state index in [1.807, 2.05) is 35.8 Å². The van der Waals surface area contributed by atoms with Crippen LogP contribution in [-0.2, 0) is 26.1 Å². The summed E-state index contributed by atoms with van der Waals surface area (Å²) in [6, 6.07) is 13.6. The number of hydrogen-bond acceptors (Lipinski definition) is 7. The fourth-order valence-corrected chi connectivity index (χ4v) is 4.11. The first-order valence-electron chi connectivity index (χ1n) is 9.32. The minimum atomic E-state index is -3.78. The molecule has 0 fully saturated rings. The summed E-state index contributed by atoms with van der Waals surface area (Å²) in [5.41, 5.74) is 2.52. The number of methoxy groups -OCH3 is 1. The molecule has 31 heavy (non-hydrogen) atoms. The monoisotopic (exact) mass is 461 g/mol. The number of hydrogen-bond donors (Lipinski definition) is 2. The van der Waals surface area contributed by atoms with E-state index in [1.54, 1.807) is 7.11 Å². The molecule has 1 heterocycles. The zero-order valence-electron chi connectivity index (χ0n) is 17.1. The van der Waals surface area contributed by atoms with Crippen molar-refractivity contribution in [3.63, 3.8) is 0 Å². The van der Waals surface area contributed by atoms with E-state index in [4.69, 9.17) is 9.88 Å². The number of aryl methyl sites for hydroxylation is 1. The Morgan fingerprint density at radius 1 is 1.19 bits per heavy atom. The number of nitrogens with zero attached hydrogens (tertiary/aromatic N) is 3. The Morgan fingerprint density at radius 2 is 1.94 bits per heavy atom. The highest BCUT2D eigenvalue weighted by Gasteiger charge is 2.16. The van der Waals surface area contributed by atoms with Gasteiger partial charge in [0.1, 0.15) is 0 Å². The van der Waals surface area contributed by atoms with Gasteiger partial charge < -0.3 is 10.1 Å². The molecule has 0 spiro atoms. The number of carbonyl (C=O) groups is 1. The molecule has 3 rings (SSSR count). The quantitative estimate of drug-likeness (QED) is 0.468. The summed E-state index contributed by atoms with van der Waals surface area (Å²) in [6.45, 7) is 3.04. The van der Waals surface area contributed by atoms with Crippen molar-refractivity contribution in [3.05, 3.63) is 54.1 Å². The van der Waals surface area contributed by atoms with Crippen molar-refractivity contribution in [1.82, 2.24) is 14.8 Å². The summed E-state index contributed by atoms with van der Waals surface area (Å²) >= 11 is 1.26. The van der Waals surface area contributed by atoms with Gasteiger partial charge >= 0.3 is 0 Å². The average Bonchev–Trinajstić information content (AvgIpc) is 3.13. The molecule has 0 saturated heterocycles. The van der Waals surface area contributed by atoms with Crippen molar-refractivity contribution in [1.29, 1.82) is 0 Å². The Bertz CT molecular complexity index is 1160. The number of aromatic nitrogens is 3. The third kappa shape index (κ3) is 6.14. The fraction of sp³-hybridized carbons (Fsp3) is 0.250. The number of nitrogens with two attached hydrogens (primary N) is 1. The summed E-state index contributed by atoms with van der Waals surface area (Å²) in [7, 11) is -2.15. The van der Waals surface area contributed by atoms with Gasteiger partial charge in [-0.2, -0.15) is 0 Å². The summed E-state index contributed by atoms with van der Waals surface area (Å²) in [5, 5.41) is 17.0. The van der Waals surface area contributed by atoms with E-state index in [2.05, 4.69) is 15.5 Å². The smallest absolute Gasteiger partial charge is 0.238 e. The molecular weight excluding hydrogens is 438 g/mol. The molecule has 164 valence electrons. The van der Waals surface area contributed by atoms with Gasteiger partial charge in [-0.15, -0.1) is 10.2 Å². The van der Waals surface area contributed by atoms with Gasteiger partial charge in [0.15, 0.2) is 11.0 Å². The lowest BCUT2D eigenvalue weighted by molar-refractivity contribution is -0.113. The minimum absolute atomic E-state index is 0.0187. The Labute approximate surface area is 185 Å². The Hall–Kier alpha value is -2.73. The number of amides is 1. The molecule has 3 N–H and O–H groups in total. The minimum Gasteiger partial charge on any atom is -0.383 e. The van der Waals surface area contributed by atoms with Crippen molar-refractivity contribution in [2.24, 2.45) is 5.14 Å². The molecule has 0 aliphatic rings. The number of primary sulfonamides is 1. The van der Waals surface area contributed by atoms with Crippen LogP contribution >= 0.6 is 11.8 Å². The highest BCUT2D eigenvalue weighted by molar-refractivity contribution is 7.99. The first kappa shape index (κ1) is 22.9. The topological polar surface area (TPSA) is 129 Å². The predicted octanol–water partition coefficient (Wildman–Crippen LogP) is 2.28. The lowest BCUT2D eigenvalue weighted by Gasteiger charge is -2.10. The fourth-order valence-electron chi connectivity index (χ4n) is 2.83. The second-order valence-electron chi connectivity index (χ2n) is 6.73. The van der Waals surface area contributed by atoms with E-state index in [-0.39, 0.29) is 16.6 Å². The van der Waals surface area contributed by atoms with E-state index < -0.39 is 10.0 Å². The van der Waals surface area contributed by atoms with Crippen LogP contribution in [0.2, 0.25) is 0 Å². The van der Waals surface area contributed by atoms with Gasteiger partial charge in [0, 0.05) is 18.4 Å². The molecule has 0 unspecified atom stereocenters. The van der Waals surface area contributed by atoms with Crippen molar-refractivity contribution in [2.45, 2.75) is 23.5 Å². The molecular formula is C20H23N5O4S2. The van der Waals surface area contributed by atoms with Gasteiger partial charge in [0.05, 0.1) is 23.8 Å². The Morgan fingerprint density at radius 3 is 2.58 bits per heavy atom. The highest BCUT2D eigenvalue weighted by Crippen LogP contribution is 2.25. The van der Waals surface area contributed by atoms with Crippen LogP contribution in [0.1, 0.15) is 5.56 Å². The first-order chi connectivity index (χ1) is 14.8. The Kier molecular flexibility index (Phi) is 7.44. The molecule has 0 aliphatic heterocycles. The average molecular weight is 462 g/mol. The zero-order valence-corrected chi connectivity index (χ0v) is 18.7. The van der Waals surface area contributed by atoms with E-state index >= 15 is 0 Å². The molecule has 2 aromatic carbocycles. The third-order valence-electron chi connectivity index (χ3n) is 4.31. The molecule has 0 atom stereocenters. The number of ether oxygens (including phenoxy) is 1. The van der Waals surface area contributed by atoms with Crippen LogP contribution < -0.4 is 10.5 Å². The number of benzene rings is 2. The van der Waals surface area contributed by atoms with Gasteiger partial charge in [-0.1, -0.05) is 35.5 Å². The van der Waals surface area contributed by atoms with Crippen LogP contribution in [0.15, 0.2) is 58.6 Å². The third-order valence-corrected chi connectivity index (χ3v) is 6.21. The van der Waals surface area contributed by atoms with Crippen LogP contribution in [0.5, 0.6) is 0 Å². The van der Waals surface area contributed by atoms with Crippen molar-refractivity contribution in [3.8, 4) is 11.4 Å². The van der Waals surface area contributed by atoms with Gasteiger partial charge in [0.2, 0.25) is 15.9 Å². The first-order valence-corrected chi connectivity index (χ1v) is 11.9. The molecule has 0 bridgehead atoms. The molecule has 1 aromatic heterocycles. The Balaban J connectivity index is 1.70.